The lowest BCUT2D eigenvalue weighted by molar-refractivity contribution is -0.384. The number of carbonyl (C=O) groups is 3. The summed E-state index contributed by atoms with van der Waals surface area (Å²) in [6.45, 7) is -0.261. The van der Waals surface area contributed by atoms with E-state index in [2.05, 4.69) is 12.2 Å². The van der Waals surface area contributed by atoms with Gasteiger partial charge < -0.3 is 0 Å². The molecule has 9 heteroatoms. The minimum absolute atomic E-state index is 0.0814. The fourth-order valence-corrected chi connectivity index (χ4v) is 6.22. The third-order valence-corrected chi connectivity index (χ3v) is 7.98. The molecule has 172 valence electrons. The third-order valence-electron chi connectivity index (χ3n) is 7.72. The van der Waals surface area contributed by atoms with Gasteiger partial charge in [-0.25, -0.2) is 0 Å². The van der Waals surface area contributed by atoms with Crippen molar-refractivity contribution in [2.75, 3.05) is 11.6 Å². The van der Waals surface area contributed by atoms with E-state index in [9.17, 15) is 24.5 Å². The number of nitro benzene ring substituents is 1. The Bertz CT molecular complexity index is 1240. The van der Waals surface area contributed by atoms with E-state index >= 15 is 0 Å². The smallest absolute Gasteiger partial charge is 0.270 e. The highest BCUT2D eigenvalue weighted by Crippen LogP contribution is 2.65. The van der Waals surface area contributed by atoms with Gasteiger partial charge in [-0.15, -0.1) is 0 Å². The first-order chi connectivity index (χ1) is 16.3. The molecule has 7 rings (SSSR count). The van der Waals surface area contributed by atoms with Gasteiger partial charge in [0.15, 0.2) is 0 Å². The molecule has 6 unspecified atom stereocenters. The van der Waals surface area contributed by atoms with Crippen LogP contribution >= 0.6 is 11.6 Å². The highest BCUT2D eigenvalue weighted by atomic mass is 35.5. The van der Waals surface area contributed by atoms with E-state index in [4.69, 9.17) is 11.6 Å². The van der Waals surface area contributed by atoms with E-state index in [0.717, 1.165) is 6.42 Å². The number of likely N-dealkylation sites (tertiary alicyclic amines) is 1. The second-order valence-corrected chi connectivity index (χ2v) is 9.85. The minimum atomic E-state index is -0.574. The number of nitrogens with zero attached hydrogens (tertiary/aromatic N) is 3. The molecule has 34 heavy (non-hydrogen) atoms. The molecule has 2 saturated carbocycles. The minimum Gasteiger partial charge on any atom is -0.290 e. The zero-order valence-electron chi connectivity index (χ0n) is 17.9. The Morgan fingerprint density at radius 3 is 2.24 bits per heavy atom. The van der Waals surface area contributed by atoms with E-state index in [1.807, 2.05) is 0 Å². The molecule has 6 atom stereocenters. The lowest BCUT2D eigenvalue weighted by Gasteiger charge is -2.37. The predicted octanol–water partition coefficient (Wildman–Crippen LogP) is 3.91. The molecule has 2 aromatic carbocycles. The van der Waals surface area contributed by atoms with E-state index in [1.165, 1.54) is 34.1 Å². The van der Waals surface area contributed by atoms with Gasteiger partial charge in [-0.2, -0.15) is 0 Å². The number of amides is 3. The number of non-ortho nitro benzene ring substituents is 1. The average Bonchev–Trinajstić information content (AvgIpc) is 3.63. The maximum absolute atomic E-state index is 13.5. The van der Waals surface area contributed by atoms with E-state index < -0.39 is 10.8 Å². The van der Waals surface area contributed by atoms with Crippen LogP contribution in [0.5, 0.6) is 0 Å². The summed E-state index contributed by atoms with van der Waals surface area (Å²) in [5.74, 6) is -0.659. The molecular weight excluding hydrogens is 458 g/mol. The normalized spacial score (nSPS) is 30.2. The molecule has 1 saturated heterocycles. The van der Waals surface area contributed by atoms with Gasteiger partial charge in [-0.05, 0) is 60.4 Å². The van der Waals surface area contributed by atoms with Crippen molar-refractivity contribution in [2.45, 2.75) is 6.42 Å². The molecular formula is C25H20ClN3O5. The van der Waals surface area contributed by atoms with Crippen molar-refractivity contribution >= 4 is 40.7 Å². The van der Waals surface area contributed by atoms with Crippen LogP contribution in [0.15, 0.2) is 60.7 Å². The maximum atomic E-state index is 13.5. The first-order valence-corrected chi connectivity index (χ1v) is 11.6. The highest BCUT2D eigenvalue weighted by molar-refractivity contribution is 6.30. The summed E-state index contributed by atoms with van der Waals surface area (Å²) >= 11 is 6.02. The Morgan fingerprint density at radius 2 is 1.65 bits per heavy atom. The summed E-state index contributed by atoms with van der Waals surface area (Å²) < 4.78 is 0. The molecule has 0 radical (unpaired) electrons. The van der Waals surface area contributed by atoms with E-state index in [1.54, 1.807) is 24.3 Å². The lowest BCUT2D eigenvalue weighted by Crippen LogP contribution is -2.45. The molecule has 1 aliphatic heterocycles. The van der Waals surface area contributed by atoms with Crippen LogP contribution in [0.25, 0.3) is 0 Å². The van der Waals surface area contributed by atoms with Crippen LogP contribution in [-0.2, 0) is 9.59 Å². The summed E-state index contributed by atoms with van der Waals surface area (Å²) in [4.78, 5) is 53.6. The van der Waals surface area contributed by atoms with Gasteiger partial charge in [0.25, 0.3) is 11.6 Å². The molecule has 3 amide bonds. The standard InChI is InChI=1S/C25H20ClN3O5/c26-14-4-6-15(7-5-14)27(23(30)13-2-1-3-16(10-13)29(33)34)12-28-24(31)21-17-8-9-18(20-11-19(17)20)22(21)25(28)32/h1-10,17-22H,11-12H2. The van der Waals surface area contributed by atoms with Crippen LogP contribution in [0.3, 0.4) is 0 Å². The van der Waals surface area contributed by atoms with Crippen molar-refractivity contribution in [2.24, 2.45) is 35.5 Å². The first-order valence-electron chi connectivity index (χ1n) is 11.2. The largest absolute Gasteiger partial charge is 0.290 e. The molecule has 3 fully saturated rings. The molecule has 0 spiro atoms. The van der Waals surface area contributed by atoms with Crippen LogP contribution < -0.4 is 4.90 Å². The molecule has 2 aromatic rings. The SMILES string of the molecule is O=C1C2C3C=CC(C4CC34)C2C(=O)N1CN(C(=O)c1cccc([N+](=O)[O-])c1)c1ccc(Cl)cc1. The summed E-state index contributed by atoms with van der Waals surface area (Å²) in [6, 6.07) is 11.9. The Hall–Kier alpha value is -3.52. The summed E-state index contributed by atoms with van der Waals surface area (Å²) in [5.41, 5.74) is 0.298. The van der Waals surface area contributed by atoms with Crippen molar-refractivity contribution < 1.29 is 19.3 Å². The third kappa shape index (κ3) is 3.09. The number of halogens is 1. The predicted molar refractivity (Wildman–Crippen MR) is 123 cm³/mol. The number of rotatable bonds is 5. The van der Waals surface area contributed by atoms with E-state index in [-0.39, 0.29) is 53.4 Å². The molecule has 2 bridgehead atoms. The fourth-order valence-electron chi connectivity index (χ4n) is 6.09. The number of nitro groups is 1. The highest BCUT2D eigenvalue weighted by Gasteiger charge is 2.67. The van der Waals surface area contributed by atoms with Gasteiger partial charge in [0.1, 0.15) is 6.67 Å². The first kappa shape index (κ1) is 21.0. The van der Waals surface area contributed by atoms with Crippen molar-refractivity contribution in [1.82, 2.24) is 4.90 Å². The maximum Gasteiger partial charge on any atom is 0.270 e. The van der Waals surface area contributed by atoms with Crippen LogP contribution in [0.2, 0.25) is 5.02 Å². The van der Waals surface area contributed by atoms with Gasteiger partial charge in [-0.1, -0.05) is 29.8 Å². The average molecular weight is 478 g/mol. The lowest BCUT2D eigenvalue weighted by atomic mass is 9.63. The number of allylic oxidation sites excluding steroid dienone is 2. The molecule has 1 heterocycles. The van der Waals surface area contributed by atoms with Gasteiger partial charge >= 0.3 is 0 Å². The van der Waals surface area contributed by atoms with Gasteiger partial charge in [0.2, 0.25) is 11.8 Å². The topological polar surface area (TPSA) is 101 Å². The van der Waals surface area contributed by atoms with Crippen molar-refractivity contribution in [1.29, 1.82) is 0 Å². The van der Waals surface area contributed by atoms with Crippen molar-refractivity contribution in [3.05, 3.63) is 81.4 Å². The summed E-state index contributed by atoms with van der Waals surface area (Å²) in [6.07, 6.45) is 5.26. The van der Waals surface area contributed by atoms with Gasteiger partial charge in [0.05, 0.1) is 16.8 Å². The number of carbonyl (C=O) groups excluding carboxylic acids is 3. The number of hydrogen-bond donors (Lipinski definition) is 0. The van der Waals surface area contributed by atoms with Crippen LogP contribution in [0.4, 0.5) is 11.4 Å². The number of benzene rings is 2. The van der Waals surface area contributed by atoms with Crippen molar-refractivity contribution in [3.8, 4) is 0 Å². The second kappa shape index (κ2) is 7.50. The molecule has 0 N–H and O–H groups in total. The van der Waals surface area contributed by atoms with Gasteiger partial charge in [-0.3, -0.25) is 34.3 Å². The van der Waals surface area contributed by atoms with Crippen LogP contribution in [0, 0.1) is 45.6 Å². The Kier molecular flexibility index (Phi) is 4.64. The molecule has 8 nitrogen and oxygen atoms in total. The molecule has 4 aliphatic carbocycles. The number of hydrogen-bond acceptors (Lipinski definition) is 5. The second-order valence-electron chi connectivity index (χ2n) is 9.42. The summed E-state index contributed by atoms with van der Waals surface area (Å²) in [7, 11) is 0. The monoisotopic (exact) mass is 477 g/mol. The fraction of sp³-hybridized carbons (Fsp3) is 0.320. The zero-order chi connectivity index (χ0) is 23.7. The van der Waals surface area contributed by atoms with Crippen LogP contribution in [-0.4, -0.2) is 34.2 Å². The molecule has 5 aliphatic rings. The van der Waals surface area contributed by atoms with Gasteiger partial charge in [0, 0.05) is 28.4 Å². The number of anilines is 1. The Labute approximate surface area is 199 Å². The quantitative estimate of drug-likeness (QED) is 0.281. The van der Waals surface area contributed by atoms with E-state index in [0.29, 0.717) is 22.5 Å². The Balaban J connectivity index is 1.34. The Morgan fingerprint density at radius 1 is 1.03 bits per heavy atom. The summed E-state index contributed by atoms with van der Waals surface area (Å²) in [5, 5.41) is 11.7. The zero-order valence-corrected chi connectivity index (χ0v) is 18.7. The molecule has 0 aromatic heterocycles. The van der Waals surface area contributed by atoms with Crippen LogP contribution in [0.1, 0.15) is 16.8 Å². The van der Waals surface area contributed by atoms with Crippen molar-refractivity contribution in [3.63, 3.8) is 0 Å². The number of imide groups is 1.